The number of piperazine rings is 1. The van der Waals surface area contributed by atoms with Gasteiger partial charge in [-0.2, -0.15) is 18.3 Å². The van der Waals surface area contributed by atoms with Crippen LogP contribution in [0.2, 0.25) is 0 Å². The first-order valence-electron chi connectivity index (χ1n) is 12.2. The Morgan fingerprint density at radius 2 is 1.85 bits per heavy atom. The van der Waals surface area contributed by atoms with Crippen LogP contribution in [0, 0.1) is 6.92 Å². The molecule has 2 amide bonds. The molecule has 4 aromatic rings. The summed E-state index contributed by atoms with van der Waals surface area (Å²) in [7, 11) is 0. The molecule has 5 rings (SSSR count). The summed E-state index contributed by atoms with van der Waals surface area (Å²) in [4.78, 5) is 37.2. The molecule has 11 nitrogen and oxygen atoms in total. The molecule has 1 saturated heterocycles. The summed E-state index contributed by atoms with van der Waals surface area (Å²) in [6.07, 6.45) is 0.851. The number of rotatable bonds is 5. The van der Waals surface area contributed by atoms with E-state index in [4.69, 9.17) is 5.73 Å². The summed E-state index contributed by atoms with van der Waals surface area (Å²) in [6, 6.07) is 4.64. The highest BCUT2D eigenvalue weighted by atomic mass is 19.4. The van der Waals surface area contributed by atoms with Crippen molar-refractivity contribution in [2.24, 2.45) is 5.73 Å². The van der Waals surface area contributed by atoms with Gasteiger partial charge < -0.3 is 20.9 Å². The average Bonchev–Trinajstić information content (AvgIpc) is 3.56. The molecule has 39 heavy (non-hydrogen) atoms. The Hall–Kier alpha value is -4.46. The number of H-pyrrole nitrogens is 1. The number of halogens is 3. The van der Waals surface area contributed by atoms with Gasteiger partial charge in [0.05, 0.1) is 23.5 Å². The Morgan fingerprint density at radius 3 is 2.51 bits per heavy atom. The van der Waals surface area contributed by atoms with E-state index < -0.39 is 17.9 Å². The minimum Gasteiger partial charge on any atom is -0.338 e. The number of imidazole rings is 1. The highest BCUT2D eigenvalue weighted by molar-refractivity contribution is 5.96. The molecular formula is C25H26F3N9O2. The lowest BCUT2D eigenvalue weighted by molar-refractivity contribution is -0.140. The number of amides is 2. The van der Waals surface area contributed by atoms with Gasteiger partial charge in [-0.05, 0) is 37.6 Å². The summed E-state index contributed by atoms with van der Waals surface area (Å²) in [6.45, 7) is 5.14. The number of nitrogens with zero attached hydrogens (tertiary/aromatic N) is 6. The lowest BCUT2D eigenvalue weighted by Gasteiger charge is -2.35. The number of benzene rings is 1. The molecule has 204 valence electrons. The Bertz CT molecular complexity index is 1540. The zero-order chi connectivity index (χ0) is 27.9. The predicted molar refractivity (Wildman–Crippen MR) is 136 cm³/mol. The number of aromatic nitrogens is 5. The first-order chi connectivity index (χ1) is 18.5. The lowest BCUT2D eigenvalue weighted by atomic mass is 10.1. The number of anilines is 2. The SMILES string of the molecule is Cc1cc(Nc2nccn3c(-c4c[nH]nc4C(F)(F)F)cnc23)ccc1C(=O)N1CCN(C(=O)[C@@H](C)N)CC1. The number of carbonyl (C=O) groups is 2. The van der Waals surface area contributed by atoms with Gasteiger partial charge in [-0.1, -0.05) is 0 Å². The minimum atomic E-state index is -4.63. The third kappa shape index (κ3) is 5.02. The Morgan fingerprint density at radius 1 is 1.13 bits per heavy atom. The standard InChI is InChI=1S/C25H26F3N9O2/c1-14-11-16(3-4-17(14)24(39)36-9-7-35(8-10-36)23(38)15(2)29)33-21-22-31-13-19(37(22)6-5-30-21)18-12-32-34-20(18)25(26,27)28/h3-6,11-13,15H,7-10,29H2,1-2H3,(H,30,33)(H,32,34)/t15-/m1/s1. The summed E-state index contributed by atoms with van der Waals surface area (Å²) >= 11 is 0. The third-order valence-electron chi connectivity index (χ3n) is 6.60. The molecule has 0 saturated carbocycles. The largest absolute Gasteiger partial charge is 0.435 e. The number of alkyl halides is 3. The van der Waals surface area contributed by atoms with Crippen molar-refractivity contribution in [2.45, 2.75) is 26.1 Å². The average molecular weight is 542 g/mol. The molecule has 1 aliphatic heterocycles. The van der Waals surface area contributed by atoms with Crippen LogP contribution in [0.25, 0.3) is 16.9 Å². The molecule has 1 aromatic carbocycles. The fraction of sp³-hybridized carbons (Fsp3) is 0.320. The van der Waals surface area contributed by atoms with Crippen LogP contribution >= 0.6 is 0 Å². The molecule has 1 fully saturated rings. The molecule has 0 bridgehead atoms. The molecular weight excluding hydrogens is 515 g/mol. The molecule has 0 radical (unpaired) electrons. The molecule has 4 heterocycles. The second kappa shape index (κ2) is 10.0. The van der Waals surface area contributed by atoms with Crippen molar-refractivity contribution >= 4 is 29.0 Å². The van der Waals surface area contributed by atoms with Crippen molar-refractivity contribution in [3.05, 3.63) is 59.8 Å². The Kier molecular flexibility index (Phi) is 6.72. The highest BCUT2D eigenvalue weighted by Gasteiger charge is 2.37. The number of aromatic amines is 1. The number of carbonyl (C=O) groups excluding carboxylic acids is 2. The normalized spacial score (nSPS) is 15.0. The minimum absolute atomic E-state index is 0.131. The zero-order valence-electron chi connectivity index (χ0n) is 21.2. The van der Waals surface area contributed by atoms with E-state index in [0.717, 1.165) is 5.56 Å². The molecule has 3 aromatic heterocycles. The van der Waals surface area contributed by atoms with Crippen LogP contribution in [-0.2, 0) is 11.0 Å². The smallest absolute Gasteiger partial charge is 0.338 e. The second-order valence-electron chi connectivity index (χ2n) is 9.32. The molecule has 4 N–H and O–H groups in total. The maximum Gasteiger partial charge on any atom is 0.435 e. The first-order valence-corrected chi connectivity index (χ1v) is 12.2. The maximum absolute atomic E-state index is 13.4. The maximum atomic E-state index is 13.4. The van der Waals surface area contributed by atoms with Crippen molar-refractivity contribution in [3.63, 3.8) is 0 Å². The van der Waals surface area contributed by atoms with Crippen LogP contribution in [0.1, 0.15) is 28.5 Å². The first kappa shape index (κ1) is 26.2. The van der Waals surface area contributed by atoms with E-state index in [-0.39, 0.29) is 23.1 Å². The predicted octanol–water partition coefficient (Wildman–Crippen LogP) is 2.82. The number of nitrogens with one attached hydrogen (secondary N) is 2. The molecule has 0 aliphatic carbocycles. The molecule has 1 atom stereocenters. The van der Waals surface area contributed by atoms with Crippen molar-refractivity contribution in [2.75, 3.05) is 31.5 Å². The van der Waals surface area contributed by atoms with Crippen LogP contribution in [-0.4, -0.2) is 78.4 Å². The van der Waals surface area contributed by atoms with Gasteiger partial charge in [-0.15, -0.1) is 0 Å². The summed E-state index contributed by atoms with van der Waals surface area (Å²) in [5.41, 5.74) is 6.92. The van der Waals surface area contributed by atoms with E-state index in [9.17, 15) is 22.8 Å². The van der Waals surface area contributed by atoms with E-state index in [0.29, 0.717) is 48.9 Å². The van der Waals surface area contributed by atoms with Crippen molar-refractivity contribution < 1.29 is 22.8 Å². The van der Waals surface area contributed by atoms with E-state index in [2.05, 4.69) is 25.5 Å². The number of fused-ring (bicyclic) bond motifs is 1. The van der Waals surface area contributed by atoms with E-state index in [1.54, 1.807) is 34.9 Å². The van der Waals surface area contributed by atoms with Gasteiger partial charge in [-0.3, -0.25) is 19.1 Å². The van der Waals surface area contributed by atoms with Gasteiger partial charge in [0.2, 0.25) is 5.91 Å². The quantitative estimate of drug-likeness (QED) is 0.353. The van der Waals surface area contributed by atoms with Crippen molar-refractivity contribution in [1.82, 2.24) is 34.4 Å². The molecule has 0 unspecified atom stereocenters. The third-order valence-corrected chi connectivity index (χ3v) is 6.60. The fourth-order valence-corrected chi connectivity index (χ4v) is 4.61. The number of aryl methyl sites for hydroxylation is 1. The van der Waals surface area contributed by atoms with Gasteiger partial charge >= 0.3 is 6.18 Å². The number of hydrogen-bond donors (Lipinski definition) is 3. The van der Waals surface area contributed by atoms with Crippen LogP contribution in [0.5, 0.6) is 0 Å². The van der Waals surface area contributed by atoms with Crippen molar-refractivity contribution in [3.8, 4) is 11.3 Å². The van der Waals surface area contributed by atoms with Crippen LogP contribution in [0.15, 0.2) is 43.0 Å². The van der Waals surface area contributed by atoms with E-state index in [1.165, 1.54) is 29.2 Å². The van der Waals surface area contributed by atoms with Crippen molar-refractivity contribution in [1.29, 1.82) is 0 Å². The van der Waals surface area contributed by atoms with Crippen LogP contribution in [0.3, 0.4) is 0 Å². The lowest BCUT2D eigenvalue weighted by Crippen LogP contribution is -2.53. The molecule has 0 spiro atoms. The highest BCUT2D eigenvalue weighted by Crippen LogP contribution is 2.36. The summed E-state index contributed by atoms with van der Waals surface area (Å²) < 4.78 is 41.6. The zero-order valence-corrected chi connectivity index (χ0v) is 21.2. The Labute approximate surface area is 220 Å². The summed E-state index contributed by atoms with van der Waals surface area (Å²) in [5.74, 6) is 0.0624. The van der Waals surface area contributed by atoms with Gasteiger partial charge in [0, 0.05) is 56.0 Å². The van der Waals surface area contributed by atoms with E-state index >= 15 is 0 Å². The number of nitrogens with two attached hydrogens (primary N) is 1. The van der Waals surface area contributed by atoms with Crippen LogP contribution < -0.4 is 11.1 Å². The molecule has 14 heteroatoms. The molecule has 1 aliphatic rings. The fourth-order valence-electron chi connectivity index (χ4n) is 4.61. The monoisotopic (exact) mass is 541 g/mol. The van der Waals surface area contributed by atoms with Gasteiger partial charge in [0.25, 0.3) is 5.91 Å². The van der Waals surface area contributed by atoms with Gasteiger partial charge in [-0.25, -0.2) is 9.97 Å². The summed E-state index contributed by atoms with van der Waals surface area (Å²) in [5, 5.41) is 8.77. The number of hydrogen-bond acceptors (Lipinski definition) is 7. The van der Waals surface area contributed by atoms with Crippen LogP contribution in [0.4, 0.5) is 24.7 Å². The van der Waals surface area contributed by atoms with E-state index in [1.807, 2.05) is 6.92 Å². The second-order valence-corrected chi connectivity index (χ2v) is 9.32. The Balaban J connectivity index is 1.34. The van der Waals surface area contributed by atoms with Gasteiger partial charge in [0.15, 0.2) is 17.2 Å². The van der Waals surface area contributed by atoms with Gasteiger partial charge in [0.1, 0.15) is 0 Å². The topological polar surface area (TPSA) is 138 Å².